The van der Waals surface area contributed by atoms with Crippen LogP contribution in [0.25, 0.3) is 0 Å². The van der Waals surface area contributed by atoms with Gasteiger partial charge < -0.3 is 24.4 Å². The van der Waals surface area contributed by atoms with Gasteiger partial charge >= 0.3 is 6.09 Å². The maximum atomic E-state index is 16.3. The summed E-state index contributed by atoms with van der Waals surface area (Å²) in [5, 5.41) is 9.77. The lowest BCUT2D eigenvalue weighted by molar-refractivity contribution is -0.150. The van der Waals surface area contributed by atoms with Gasteiger partial charge in [0.25, 0.3) is 5.91 Å². The van der Waals surface area contributed by atoms with Crippen LogP contribution in [-0.4, -0.2) is 66.0 Å². The first-order valence-corrected chi connectivity index (χ1v) is 15.8. The fourth-order valence-corrected chi connectivity index (χ4v) is 7.47. The zero-order valence-electron chi connectivity index (χ0n) is 26.4. The Labute approximate surface area is 268 Å². The quantitative estimate of drug-likeness (QED) is 0.331. The van der Waals surface area contributed by atoms with Crippen LogP contribution in [0.5, 0.6) is 0 Å². The van der Waals surface area contributed by atoms with Crippen LogP contribution in [0.15, 0.2) is 78.9 Å². The molecule has 0 aliphatic carbocycles. The molecule has 3 aromatic carbocycles. The summed E-state index contributed by atoms with van der Waals surface area (Å²) >= 11 is 0. The number of halogens is 1. The molecule has 3 aliphatic rings. The third kappa shape index (κ3) is 5.64. The molecule has 10 heteroatoms. The van der Waals surface area contributed by atoms with E-state index in [1.54, 1.807) is 28.0 Å². The Balaban J connectivity index is 1.40. The van der Waals surface area contributed by atoms with Crippen molar-refractivity contribution in [3.63, 3.8) is 0 Å². The lowest BCUT2D eigenvalue weighted by atomic mass is 9.71. The minimum absolute atomic E-state index is 0.104. The number of alkyl halides is 1. The molecule has 3 aromatic rings. The first-order valence-electron chi connectivity index (χ1n) is 15.8. The number of hydrogen-bond acceptors (Lipinski definition) is 6. The second-order valence-electron chi connectivity index (χ2n) is 12.8. The number of ether oxygens (including phenoxy) is 2. The van der Waals surface area contributed by atoms with Gasteiger partial charge in [0.1, 0.15) is 12.3 Å². The normalized spacial score (nSPS) is 24.1. The summed E-state index contributed by atoms with van der Waals surface area (Å²) in [4.78, 5) is 45.8. The highest BCUT2D eigenvalue weighted by Gasteiger charge is 2.66. The smallest absolute Gasteiger partial charge is 0.414 e. The lowest BCUT2D eigenvalue weighted by Crippen LogP contribution is -2.45. The Kier molecular flexibility index (Phi) is 8.60. The number of hydrogen-bond donors (Lipinski definition) is 1. The van der Waals surface area contributed by atoms with Gasteiger partial charge in [0.05, 0.1) is 37.9 Å². The van der Waals surface area contributed by atoms with Crippen molar-refractivity contribution in [1.82, 2.24) is 4.90 Å². The van der Waals surface area contributed by atoms with Crippen LogP contribution >= 0.6 is 0 Å². The first-order chi connectivity index (χ1) is 22.0. The summed E-state index contributed by atoms with van der Waals surface area (Å²) in [6.45, 7) is 5.77. The number of anilines is 2. The zero-order valence-corrected chi connectivity index (χ0v) is 26.4. The van der Waals surface area contributed by atoms with Crippen LogP contribution < -0.4 is 9.80 Å². The van der Waals surface area contributed by atoms with Crippen LogP contribution in [0.3, 0.4) is 0 Å². The minimum Gasteiger partial charge on any atom is -0.447 e. The van der Waals surface area contributed by atoms with Gasteiger partial charge in [-0.1, -0.05) is 67.6 Å². The molecule has 1 N–H and O–H groups in total. The highest BCUT2D eigenvalue weighted by molar-refractivity contribution is 6.08. The molecule has 2 saturated heterocycles. The summed E-state index contributed by atoms with van der Waals surface area (Å²) in [6, 6.07) is 24.4. The van der Waals surface area contributed by atoms with E-state index in [9.17, 15) is 19.5 Å². The van der Waals surface area contributed by atoms with Gasteiger partial charge in [-0.3, -0.25) is 14.5 Å². The summed E-state index contributed by atoms with van der Waals surface area (Å²) in [7, 11) is 0. The number of aliphatic hydroxyl groups excluding tert-OH is 1. The van der Waals surface area contributed by atoms with Gasteiger partial charge in [-0.05, 0) is 43.2 Å². The first kappa shape index (κ1) is 31.7. The number of rotatable bonds is 10. The maximum absolute atomic E-state index is 16.3. The molecule has 1 spiro atoms. The third-order valence-corrected chi connectivity index (χ3v) is 9.51. The molecule has 3 aliphatic heterocycles. The molecule has 3 heterocycles. The topological polar surface area (TPSA) is 99.6 Å². The van der Waals surface area contributed by atoms with Crippen molar-refractivity contribution in [2.75, 3.05) is 36.1 Å². The van der Waals surface area contributed by atoms with Crippen molar-refractivity contribution in [2.24, 2.45) is 11.8 Å². The summed E-state index contributed by atoms with van der Waals surface area (Å²) < 4.78 is 28.2. The molecule has 0 unspecified atom stereocenters. The Morgan fingerprint density at radius 3 is 2.33 bits per heavy atom. The number of carbonyl (C=O) groups excluding carboxylic acids is 3. The zero-order chi connectivity index (χ0) is 32.6. The Bertz CT molecular complexity index is 1600. The molecule has 4 atom stereocenters. The monoisotopic (exact) mass is 629 g/mol. The number of fused-ring (bicyclic) bond motifs is 2. The lowest BCUT2D eigenvalue weighted by Gasteiger charge is -2.33. The van der Waals surface area contributed by atoms with E-state index >= 15 is 4.39 Å². The standard InChI is InChI=1S/C36H40FN3O6/c1-24-32(35(2,3)37)30(21-31(42)38(16-18-41)22-25-10-6-4-7-11-25)46-36(24)28-20-27(39-17-19-45-34(39)44)14-15-29(28)40(33(36)43)23-26-12-8-5-9-13-26/h4-15,20,24,30,32,41H,16-19,21-23H2,1-3H3/t24-,30+,32-,36+/m1/s1. The molecule has 3 amide bonds. The average Bonchev–Trinajstić information content (AvgIpc) is 3.66. The van der Waals surface area contributed by atoms with E-state index in [1.165, 1.54) is 18.7 Å². The molecule has 242 valence electrons. The molecule has 46 heavy (non-hydrogen) atoms. The van der Waals surface area contributed by atoms with Crippen LogP contribution in [-0.2, 0) is 37.8 Å². The van der Waals surface area contributed by atoms with Crippen molar-refractivity contribution in [1.29, 1.82) is 0 Å². The summed E-state index contributed by atoms with van der Waals surface area (Å²) in [6.07, 6.45) is -1.59. The average molecular weight is 630 g/mol. The van der Waals surface area contributed by atoms with Gasteiger partial charge in [0.2, 0.25) is 5.91 Å². The van der Waals surface area contributed by atoms with Crippen LogP contribution in [0.1, 0.15) is 43.9 Å². The van der Waals surface area contributed by atoms with E-state index in [0.717, 1.165) is 11.1 Å². The van der Waals surface area contributed by atoms with Crippen molar-refractivity contribution < 1.29 is 33.4 Å². The number of aliphatic hydroxyl groups is 1. The van der Waals surface area contributed by atoms with Gasteiger partial charge in [-0.15, -0.1) is 0 Å². The van der Waals surface area contributed by atoms with E-state index in [0.29, 0.717) is 23.5 Å². The van der Waals surface area contributed by atoms with E-state index < -0.39 is 35.3 Å². The summed E-state index contributed by atoms with van der Waals surface area (Å²) in [5.74, 6) is -2.13. The predicted molar refractivity (Wildman–Crippen MR) is 171 cm³/mol. The van der Waals surface area contributed by atoms with E-state index in [-0.39, 0.29) is 51.1 Å². The molecule has 6 rings (SSSR count). The second-order valence-corrected chi connectivity index (χ2v) is 12.8. The Morgan fingerprint density at radius 1 is 1.04 bits per heavy atom. The molecule has 0 saturated carbocycles. The fraction of sp³-hybridized carbons (Fsp3) is 0.417. The van der Waals surface area contributed by atoms with Crippen molar-refractivity contribution in [3.8, 4) is 0 Å². The molecular weight excluding hydrogens is 589 g/mol. The SMILES string of the molecule is C[C@@H]1[C@@H](C(C)(C)F)[C@H](CC(=O)N(CCO)Cc2ccccc2)O[C@@]12C(=O)N(Cc1ccccc1)c1ccc(N3CCOC3=O)cc12. The van der Waals surface area contributed by atoms with Crippen LogP contribution in [0.2, 0.25) is 0 Å². The molecule has 0 bridgehead atoms. The fourth-order valence-electron chi connectivity index (χ4n) is 7.47. The highest BCUT2D eigenvalue weighted by Crippen LogP contribution is 2.59. The number of benzene rings is 3. The number of cyclic esters (lactones) is 1. The maximum Gasteiger partial charge on any atom is 0.414 e. The Morgan fingerprint density at radius 2 is 1.72 bits per heavy atom. The van der Waals surface area contributed by atoms with Gasteiger partial charge in [0.15, 0.2) is 5.60 Å². The highest BCUT2D eigenvalue weighted by atomic mass is 19.1. The Hall–Kier alpha value is -4.28. The van der Waals surface area contributed by atoms with E-state index in [4.69, 9.17) is 9.47 Å². The molecule has 9 nitrogen and oxygen atoms in total. The van der Waals surface area contributed by atoms with E-state index in [2.05, 4.69) is 0 Å². The minimum atomic E-state index is -1.81. The number of amides is 3. The third-order valence-electron chi connectivity index (χ3n) is 9.51. The van der Waals surface area contributed by atoms with Gasteiger partial charge in [0, 0.05) is 36.2 Å². The molecule has 2 fully saturated rings. The largest absolute Gasteiger partial charge is 0.447 e. The summed E-state index contributed by atoms with van der Waals surface area (Å²) in [5.41, 5.74) is 0.116. The van der Waals surface area contributed by atoms with E-state index in [1.807, 2.05) is 67.6 Å². The van der Waals surface area contributed by atoms with Gasteiger partial charge in [-0.25, -0.2) is 9.18 Å². The van der Waals surface area contributed by atoms with Crippen molar-refractivity contribution in [2.45, 2.75) is 57.7 Å². The van der Waals surface area contributed by atoms with Gasteiger partial charge in [-0.2, -0.15) is 0 Å². The predicted octanol–water partition coefficient (Wildman–Crippen LogP) is 5.20. The van der Waals surface area contributed by atoms with Crippen molar-refractivity contribution >= 4 is 29.3 Å². The molecular formula is C36H40FN3O6. The van der Waals surface area contributed by atoms with Crippen LogP contribution in [0.4, 0.5) is 20.6 Å². The molecule has 0 aromatic heterocycles. The van der Waals surface area contributed by atoms with Crippen LogP contribution in [0, 0.1) is 11.8 Å². The number of carbonyl (C=O) groups is 3. The second kappa shape index (κ2) is 12.5. The number of nitrogens with zero attached hydrogens (tertiary/aromatic N) is 3. The molecule has 0 radical (unpaired) electrons. The van der Waals surface area contributed by atoms with Crippen molar-refractivity contribution in [3.05, 3.63) is 95.6 Å².